The van der Waals surface area contributed by atoms with Gasteiger partial charge in [0.25, 0.3) is 11.8 Å². The maximum atomic E-state index is 13.3. The first kappa shape index (κ1) is 22.6. The Balaban J connectivity index is 1.46. The highest BCUT2D eigenvalue weighted by Crippen LogP contribution is 2.27. The van der Waals surface area contributed by atoms with Crippen LogP contribution in [-0.4, -0.2) is 42.1 Å². The predicted octanol–water partition coefficient (Wildman–Crippen LogP) is 4.02. The van der Waals surface area contributed by atoms with Crippen molar-refractivity contribution in [2.24, 2.45) is 5.92 Å². The van der Waals surface area contributed by atoms with Crippen molar-refractivity contribution >= 4 is 11.8 Å². The monoisotopic (exact) mass is 447 g/mol. The molecule has 0 spiro atoms. The number of ether oxygens (including phenoxy) is 1. The molecular weight excluding hydrogens is 418 g/mol. The highest BCUT2D eigenvalue weighted by molar-refractivity contribution is 5.94. The molecule has 2 aromatic carbocycles. The van der Waals surface area contributed by atoms with E-state index in [4.69, 9.17) is 9.26 Å². The van der Waals surface area contributed by atoms with Gasteiger partial charge in [-0.05, 0) is 61.9 Å². The van der Waals surface area contributed by atoms with Crippen LogP contribution in [0.4, 0.5) is 0 Å². The summed E-state index contributed by atoms with van der Waals surface area (Å²) in [4.78, 5) is 27.3. The van der Waals surface area contributed by atoms with E-state index in [0.717, 1.165) is 29.7 Å². The lowest BCUT2D eigenvalue weighted by atomic mass is 10.1. The minimum atomic E-state index is -0.244. The zero-order valence-electron chi connectivity index (χ0n) is 19.0. The molecule has 1 aliphatic carbocycles. The number of aromatic nitrogens is 1. The number of methoxy groups -OCH3 is 1. The first-order valence-electron chi connectivity index (χ1n) is 11.2. The number of hydrogen-bond acceptors (Lipinski definition) is 5. The van der Waals surface area contributed by atoms with Crippen molar-refractivity contribution in [1.82, 2.24) is 15.4 Å². The van der Waals surface area contributed by atoms with Gasteiger partial charge < -0.3 is 19.5 Å². The van der Waals surface area contributed by atoms with Gasteiger partial charge in [0.1, 0.15) is 5.75 Å². The van der Waals surface area contributed by atoms with Crippen LogP contribution in [0.15, 0.2) is 59.1 Å². The van der Waals surface area contributed by atoms with E-state index in [1.54, 1.807) is 18.1 Å². The SMILES string of the molecule is COc1ccc(CCN(Cc2cc(C(=O)NCC3CC3)no2)C(=O)c2ccc(C)cc2)cc1. The number of nitrogens with one attached hydrogen (secondary N) is 1. The number of amides is 2. The molecule has 1 aliphatic rings. The third-order valence-electron chi connectivity index (χ3n) is 5.80. The Morgan fingerprint density at radius 2 is 1.85 bits per heavy atom. The van der Waals surface area contributed by atoms with Crippen molar-refractivity contribution < 1.29 is 18.8 Å². The summed E-state index contributed by atoms with van der Waals surface area (Å²) in [6.45, 7) is 3.37. The molecule has 0 radical (unpaired) electrons. The maximum Gasteiger partial charge on any atom is 0.273 e. The van der Waals surface area contributed by atoms with Crippen LogP contribution in [0.5, 0.6) is 5.75 Å². The van der Waals surface area contributed by atoms with Crippen molar-refractivity contribution in [3.05, 3.63) is 82.7 Å². The fourth-order valence-corrected chi connectivity index (χ4v) is 3.52. The molecule has 0 atom stereocenters. The van der Waals surface area contributed by atoms with Crippen molar-refractivity contribution in [3.8, 4) is 5.75 Å². The molecule has 2 amide bonds. The Hall–Kier alpha value is -3.61. The van der Waals surface area contributed by atoms with Crippen molar-refractivity contribution in [1.29, 1.82) is 0 Å². The Morgan fingerprint density at radius 3 is 2.52 bits per heavy atom. The second kappa shape index (κ2) is 10.3. The van der Waals surface area contributed by atoms with Gasteiger partial charge in [0.2, 0.25) is 0 Å². The lowest BCUT2D eigenvalue weighted by Gasteiger charge is -2.22. The van der Waals surface area contributed by atoms with E-state index in [0.29, 0.717) is 36.8 Å². The van der Waals surface area contributed by atoms with Crippen molar-refractivity contribution in [2.75, 3.05) is 20.2 Å². The summed E-state index contributed by atoms with van der Waals surface area (Å²) in [7, 11) is 1.63. The summed E-state index contributed by atoms with van der Waals surface area (Å²) < 4.78 is 10.6. The number of carbonyl (C=O) groups is 2. The Bertz CT molecular complexity index is 1090. The summed E-state index contributed by atoms with van der Waals surface area (Å²) in [6.07, 6.45) is 2.99. The maximum absolute atomic E-state index is 13.3. The molecule has 7 heteroatoms. The number of rotatable bonds is 10. The number of aryl methyl sites for hydroxylation is 1. The highest BCUT2D eigenvalue weighted by Gasteiger charge is 2.23. The third kappa shape index (κ3) is 6.22. The molecule has 1 aromatic heterocycles. The van der Waals surface area contributed by atoms with Crippen molar-refractivity contribution in [2.45, 2.75) is 32.7 Å². The van der Waals surface area contributed by atoms with Gasteiger partial charge in [0, 0.05) is 24.7 Å². The molecule has 33 heavy (non-hydrogen) atoms. The summed E-state index contributed by atoms with van der Waals surface area (Å²) >= 11 is 0. The van der Waals surface area contributed by atoms with E-state index in [9.17, 15) is 9.59 Å². The molecular formula is C26H29N3O4. The minimum absolute atomic E-state index is 0.0975. The van der Waals surface area contributed by atoms with Gasteiger partial charge in [-0.15, -0.1) is 0 Å². The Kier molecular flexibility index (Phi) is 7.07. The van der Waals surface area contributed by atoms with Crippen LogP contribution in [0.2, 0.25) is 0 Å². The molecule has 1 saturated carbocycles. The largest absolute Gasteiger partial charge is 0.497 e. The minimum Gasteiger partial charge on any atom is -0.497 e. The Labute approximate surface area is 193 Å². The van der Waals surface area contributed by atoms with E-state index in [1.165, 1.54) is 0 Å². The molecule has 0 aliphatic heterocycles. The first-order chi connectivity index (χ1) is 16.0. The Morgan fingerprint density at radius 1 is 1.12 bits per heavy atom. The van der Waals surface area contributed by atoms with Gasteiger partial charge in [-0.3, -0.25) is 9.59 Å². The zero-order valence-corrected chi connectivity index (χ0v) is 19.0. The van der Waals surface area contributed by atoms with E-state index < -0.39 is 0 Å². The fraction of sp³-hybridized carbons (Fsp3) is 0.346. The average molecular weight is 448 g/mol. The number of carbonyl (C=O) groups excluding carboxylic acids is 2. The van der Waals surface area contributed by atoms with E-state index in [-0.39, 0.29) is 24.1 Å². The molecule has 172 valence electrons. The second-order valence-electron chi connectivity index (χ2n) is 8.52. The van der Waals surface area contributed by atoms with Gasteiger partial charge in [0.15, 0.2) is 11.5 Å². The second-order valence-corrected chi connectivity index (χ2v) is 8.52. The summed E-state index contributed by atoms with van der Waals surface area (Å²) in [5.74, 6) is 1.51. The van der Waals surface area contributed by atoms with Gasteiger partial charge in [0.05, 0.1) is 13.7 Å². The fourth-order valence-electron chi connectivity index (χ4n) is 3.52. The summed E-state index contributed by atoms with van der Waals surface area (Å²) in [5, 5.41) is 6.79. The van der Waals surface area contributed by atoms with Crippen LogP contribution in [-0.2, 0) is 13.0 Å². The molecule has 4 rings (SSSR count). The van der Waals surface area contributed by atoms with Gasteiger partial charge >= 0.3 is 0 Å². The lowest BCUT2D eigenvalue weighted by molar-refractivity contribution is 0.0729. The van der Waals surface area contributed by atoms with Crippen LogP contribution >= 0.6 is 0 Å². The number of hydrogen-bond donors (Lipinski definition) is 1. The normalized spacial score (nSPS) is 12.9. The summed E-state index contributed by atoms with van der Waals surface area (Å²) in [6, 6.07) is 16.9. The molecule has 1 N–H and O–H groups in total. The molecule has 7 nitrogen and oxygen atoms in total. The van der Waals surface area contributed by atoms with Crippen LogP contribution in [0.3, 0.4) is 0 Å². The molecule has 1 fully saturated rings. The van der Waals surface area contributed by atoms with Gasteiger partial charge in [-0.25, -0.2) is 0 Å². The molecule has 1 heterocycles. The number of benzene rings is 2. The predicted molar refractivity (Wildman–Crippen MR) is 124 cm³/mol. The number of nitrogens with zero attached hydrogens (tertiary/aromatic N) is 2. The first-order valence-corrected chi connectivity index (χ1v) is 11.2. The zero-order chi connectivity index (χ0) is 23.2. The van der Waals surface area contributed by atoms with E-state index in [1.807, 2.05) is 55.5 Å². The van der Waals surface area contributed by atoms with Crippen molar-refractivity contribution in [3.63, 3.8) is 0 Å². The lowest BCUT2D eigenvalue weighted by Crippen LogP contribution is -2.32. The van der Waals surface area contributed by atoms with Crippen LogP contribution in [0, 0.1) is 12.8 Å². The van der Waals surface area contributed by atoms with Crippen LogP contribution in [0.1, 0.15) is 50.6 Å². The third-order valence-corrected chi connectivity index (χ3v) is 5.80. The molecule has 3 aromatic rings. The molecule has 0 saturated heterocycles. The summed E-state index contributed by atoms with van der Waals surface area (Å²) in [5.41, 5.74) is 3.03. The van der Waals surface area contributed by atoms with E-state index >= 15 is 0 Å². The van der Waals surface area contributed by atoms with Crippen LogP contribution < -0.4 is 10.1 Å². The molecule has 0 bridgehead atoms. The topological polar surface area (TPSA) is 84.7 Å². The van der Waals surface area contributed by atoms with Gasteiger partial charge in [-0.2, -0.15) is 0 Å². The standard InChI is InChI=1S/C26H29N3O4/c1-18-3-9-21(10-4-18)26(31)29(14-13-19-7-11-22(32-2)12-8-19)17-23-15-24(28-33-23)25(30)27-16-20-5-6-20/h3-4,7-12,15,20H,5-6,13-14,16-17H2,1-2H3,(H,27,30). The van der Waals surface area contributed by atoms with Crippen LogP contribution in [0.25, 0.3) is 0 Å². The smallest absolute Gasteiger partial charge is 0.273 e. The quantitative estimate of drug-likeness (QED) is 0.508. The van der Waals surface area contributed by atoms with E-state index in [2.05, 4.69) is 10.5 Å². The molecule has 0 unspecified atom stereocenters. The average Bonchev–Trinajstić information content (AvgIpc) is 3.56. The highest BCUT2D eigenvalue weighted by atomic mass is 16.5. The van der Waals surface area contributed by atoms with Gasteiger partial charge in [-0.1, -0.05) is 35.0 Å².